The van der Waals surface area contributed by atoms with Crippen molar-refractivity contribution in [2.75, 3.05) is 10.8 Å². The van der Waals surface area contributed by atoms with E-state index in [9.17, 15) is 18.0 Å². The second kappa shape index (κ2) is 13.1. The van der Waals surface area contributed by atoms with E-state index in [2.05, 4.69) is 21.2 Å². The highest BCUT2D eigenvalue weighted by Gasteiger charge is 2.36. The fraction of sp³-hybridized carbons (Fsp3) is 0.314. The Morgan fingerprint density at radius 2 is 1.61 bits per heavy atom. The van der Waals surface area contributed by atoms with Crippen molar-refractivity contribution >= 4 is 54.2 Å². The average molecular weight is 675 g/mol. The van der Waals surface area contributed by atoms with Crippen LogP contribution in [0.4, 0.5) is 5.69 Å². The number of carbonyl (C=O) groups excluding carboxylic acids is 2. The molecule has 1 aliphatic carbocycles. The van der Waals surface area contributed by atoms with E-state index >= 15 is 0 Å². The molecule has 1 atom stereocenters. The molecule has 0 saturated heterocycles. The van der Waals surface area contributed by atoms with Crippen LogP contribution in [0.15, 0.2) is 100 Å². The Labute approximate surface area is 267 Å². The Bertz CT molecular complexity index is 1770. The predicted octanol–water partition coefficient (Wildman–Crippen LogP) is 6.59. The number of anilines is 1. The third-order valence-corrected chi connectivity index (χ3v) is 11.0. The number of halogens is 1. The Morgan fingerprint density at radius 3 is 2.36 bits per heavy atom. The molecular weight excluding hydrogens is 638 g/mol. The summed E-state index contributed by atoms with van der Waals surface area (Å²) in [4.78, 5) is 30.0. The van der Waals surface area contributed by atoms with E-state index < -0.39 is 16.1 Å². The molecule has 44 heavy (non-hydrogen) atoms. The number of hydrogen-bond acceptors (Lipinski definition) is 4. The van der Waals surface area contributed by atoms with E-state index in [1.807, 2.05) is 78.9 Å². The van der Waals surface area contributed by atoms with Gasteiger partial charge in [0.2, 0.25) is 11.8 Å². The highest BCUT2D eigenvalue weighted by atomic mass is 79.9. The van der Waals surface area contributed by atoms with Gasteiger partial charge in [0.15, 0.2) is 0 Å². The summed E-state index contributed by atoms with van der Waals surface area (Å²) in [6.07, 6.45) is 4.88. The van der Waals surface area contributed by atoms with E-state index in [0.717, 1.165) is 52.1 Å². The number of rotatable bonds is 11. The Balaban J connectivity index is 1.25. The van der Waals surface area contributed by atoms with Gasteiger partial charge >= 0.3 is 0 Å². The first-order valence-corrected chi connectivity index (χ1v) is 17.5. The molecule has 2 amide bonds. The van der Waals surface area contributed by atoms with Crippen molar-refractivity contribution in [2.45, 2.75) is 68.5 Å². The number of hydrogen-bond donors (Lipinski definition) is 1. The molecule has 4 aromatic carbocycles. The van der Waals surface area contributed by atoms with Gasteiger partial charge in [-0.2, -0.15) is 0 Å². The largest absolute Gasteiger partial charge is 0.352 e. The minimum absolute atomic E-state index is 0.105. The fourth-order valence-electron chi connectivity index (χ4n) is 6.47. The Kier molecular flexibility index (Phi) is 9.05. The van der Waals surface area contributed by atoms with Gasteiger partial charge in [-0.25, -0.2) is 8.42 Å². The van der Waals surface area contributed by atoms with Gasteiger partial charge in [-0.15, -0.1) is 0 Å². The first-order chi connectivity index (χ1) is 21.3. The zero-order chi connectivity index (χ0) is 30.7. The summed E-state index contributed by atoms with van der Waals surface area (Å²) < 4.78 is 29.3. The number of nitrogens with zero attached hydrogens (tertiary/aromatic N) is 2. The standard InChI is InChI=1S/C35H36BrN3O4S/c36-28-15-6-12-26(22-28)24-38(31(23-25-10-2-1-3-11-25)35(41)37-29-16-4-5-17-29)33(40)20-9-21-39-30-18-7-13-27-14-8-19-32(34(27)30)44(39,42)43/h1-3,6-8,10-15,18-19,22,29,31H,4-5,9,16-17,20-21,23-24H2,(H,37,41)/t31-/m0/s1. The van der Waals surface area contributed by atoms with Crippen LogP contribution in [-0.4, -0.2) is 43.8 Å². The summed E-state index contributed by atoms with van der Waals surface area (Å²) in [6, 6.07) is 27.9. The molecule has 4 aromatic rings. The van der Waals surface area contributed by atoms with Gasteiger partial charge in [-0.1, -0.05) is 95.5 Å². The second-order valence-electron chi connectivity index (χ2n) is 11.7. The molecule has 1 fully saturated rings. The summed E-state index contributed by atoms with van der Waals surface area (Å²) in [6.45, 7) is 0.435. The predicted molar refractivity (Wildman–Crippen MR) is 177 cm³/mol. The number of nitrogens with one attached hydrogen (secondary N) is 1. The maximum absolute atomic E-state index is 14.1. The van der Waals surface area contributed by atoms with E-state index in [1.54, 1.807) is 17.0 Å². The smallest absolute Gasteiger partial charge is 0.265 e. The number of sulfonamides is 1. The zero-order valence-electron chi connectivity index (χ0n) is 24.5. The van der Waals surface area contributed by atoms with Crippen molar-refractivity contribution in [2.24, 2.45) is 0 Å². The molecule has 0 radical (unpaired) electrons. The zero-order valence-corrected chi connectivity index (χ0v) is 26.9. The van der Waals surface area contributed by atoms with Crippen molar-refractivity contribution in [1.29, 1.82) is 0 Å². The molecule has 0 bridgehead atoms. The highest BCUT2D eigenvalue weighted by molar-refractivity contribution is 9.10. The number of carbonyl (C=O) groups is 2. The lowest BCUT2D eigenvalue weighted by Crippen LogP contribution is -2.52. The topological polar surface area (TPSA) is 86.8 Å². The molecule has 1 N–H and O–H groups in total. The maximum Gasteiger partial charge on any atom is 0.265 e. The van der Waals surface area contributed by atoms with E-state index in [0.29, 0.717) is 23.4 Å². The second-order valence-corrected chi connectivity index (χ2v) is 14.4. The number of amides is 2. The molecule has 228 valence electrons. The van der Waals surface area contributed by atoms with Gasteiger partial charge in [0.1, 0.15) is 6.04 Å². The molecule has 0 unspecified atom stereocenters. The van der Waals surface area contributed by atoms with Gasteiger partial charge in [-0.05, 0) is 60.0 Å². The van der Waals surface area contributed by atoms with Crippen LogP contribution in [0.2, 0.25) is 0 Å². The van der Waals surface area contributed by atoms with Crippen LogP contribution in [0.25, 0.3) is 10.8 Å². The van der Waals surface area contributed by atoms with Crippen molar-refractivity contribution < 1.29 is 18.0 Å². The van der Waals surface area contributed by atoms with Gasteiger partial charge in [0.25, 0.3) is 10.0 Å². The molecule has 1 heterocycles. The van der Waals surface area contributed by atoms with Crippen LogP contribution >= 0.6 is 15.9 Å². The summed E-state index contributed by atoms with van der Waals surface area (Å²) in [5.41, 5.74) is 2.53. The summed E-state index contributed by atoms with van der Waals surface area (Å²) >= 11 is 3.54. The van der Waals surface area contributed by atoms with Gasteiger partial charge in [-0.3, -0.25) is 13.9 Å². The lowest BCUT2D eigenvalue weighted by Gasteiger charge is -2.32. The van der Waals surface area contributed by atoms with Crippen LogP contribution in [0, 0.1) is 0 Å². The number of benzene rings is 4. The van der Waals surface area contributed by atoms with Crippen molar-refractivity contribution in [3.05, 3.63) is 107 Å². The molecule has 0 spiro atoms. The van der Waals surface area contributed by atoms with E-state index in [4.69, 9.17) is 0 Å². The molecular formula is C35H36BrN3O4S. The normalized spacial score (nSPS) is 16.2. The first-order valence-electron chi connectivity index (χ1n) is 15.2. The quantitative estimate of drug-likeness (QED) is 0.195. The molecule has 1 saturated carbocycles. The SMILES string of the molecule is O=C(NC1CCCC1)[C@H](Cc1ccccc1)N(Cc1cccc(Br)c1)C(=O)CCCN1c2cccc3cccc(c23)S1(=O)=O. The molecule has 6 rings (SSSR count). The third-order valence-electron chi connectivity index (χ3n) is 8.65. The summed E-state index contributed by atoms with van der Waals surface area (Å²) in [5.74, 6) is -0.326. The van der Waals surface area contributed by atoms with Crippen molar-refractivity contribution in [1.82, 2.24) is 10.2 Å². The monoisotopic (exact) mass is 673 g/mol. The molecule has 7 nitrogen and oxygen atoms in total. The third kappa shape index (κ3) is 6.40. The van der Waals surface area contributed by atoms with Gasteiger partial charge < -0.3 is 10.2 Å². The van der Waals surface area contributed by atoms with Gasteiger partial charge in [0.05, 0.1) is 10.6 Å². The lowest BCUT2D eigenvalue weighted by atomic mass is 10.0. The van der Waals surface area contributed by atoms with Crippen LogP contribution in [0.1, 0.15) is 49.7 Å². The minimum Gasteiger partial charge on any atom is -0.352 e. The van der Waals surface area contributed by atoms with E-state index in [1.165, 1.54) is 4.31 Å². The molecule has 0 aromatic heterocycles. The molecule has 9 heteroatoms. The van der Waals surface area contributed by atoms with Crippen molar-refractivity contribution in [3.63, 3.8) is 0 Å². The van der Waals surface area contributed by atoms with Crippen LogP contribution in [0.5, 0.6) is 0 Å². The Morgan fingerprint density at radius 1 is 0.909 bits per heavy atom. The molecule has 2 aliphatic rings. The Hall–Kier alpha value is -3.69. The van der Waals surface area contributed by atoms with E-state index in [-0.39, 0.29) is 37.4 Å². The first kappa shape index (κ1) is 30.3. The highest BCUT2D eigenvalue weighted by Crippen LogP contribution is 2.42. The fourth-order valence-corrected chi connectivity index (χ4v) is 8.67. The van der Waals surface area contributed by atoms with Crippen LogP contribution in [-0.2, 0) is 32.6 Å². The lowest BCUT2D eigenvalue weighted by molar-refractivity contribution is -0.141. The summed E-state index contributed by atoms with van der Waals surface area (Å²) in [7, 11) is -3.71. The maximum atomic E-state index is 14.1. The van der Waals surface area contributed by atoms with Crippen molar-refractivity contribution in [3.8, 4) is 0 Å². The van der Waals surface area contributed by atoms with Crippen LogP contribution < -0.4 is 9.62 Å². The van der Waals surface area contributed by atoms with Crippen LogP contribution in [0.3, 0.4) is 0 Å². The van der Waals surface area contributed by atoms with Gasteiger partial charge in [0, 0.05) is 41.8 Å². The summed E-state index contributed by atoms with van der Waals surface area (Å²) in [5, 5.41) is 4.84. The average Bonchev–Trinajstić information content (AvgIpc) is 3.61. The molecule has 1 aliphatic heterocycles. The minimum atomic E-state index is -3.71.